The van der Waals surface area contributed by atoms with E-state index in [1.165, 1.54) is 0 Å². The number of hydrogen-bond acceptors (Lipinski definition) is 3. The zero-order chi connectivity index (χ0) is 16.1. The van der Waals surface area contributed by atoms with E-state index in [-0.39, 0.29) is 23.7 Å². The molecule has 2 amide bonds. The van der Waals surface area contributed by atoms with Crippen molar-refractivity contribution >= 4 is 29.1 Å². The Morgan fingerprint density at radius 2 is 2.14 bits per heavy atom. The van der Waals surface area contributed by atoms with Crippen molar-refractivity contribution in [3.63, 3.8) is 0 Å². The van der Waals surface area contributed by atoms with Crippen molar-refractivity contribution in [3.8, 4) is 0 Å². The average molecular weight is 324 g/mol. The van der Waals surface area contributed by atoms with Gasteiger partial charge in [-0.1, -0.05) is 18.0 Å². The van der Waals surface area contributed by atoms with Crippen LogP contribution in [0.1, 0.15) is 36.5 Å². The summed E-state index contributed by atoms with van der Waals surface area (Å²) in [6, 6.07) is 4.89. The average Bonchev–Trinajstić information content (AvgIpc) is 2.97. The normalized spacial score (nSPS) is 20.7. The largest absolute Gasteiger partial charge is 0.352 e. The van der Waals surface area contributed by atoms with E-state index in [2.05, 4.69) is 10.6 Å². The van der Waals surface area contributed by atoms with E-state index in [9.17, 15) is 9.59 Å². The molecule has 0 radical (unpaired) electrons. The monoisotopic (exact) mass is 323 g/mol. The molecule has 0 aromatic heterocycles. The number of nitrogens with two attached hydrogens (primary N) is 1. The Hall–Kier alpha value is -1.59. The van der Waals surface area contributed by atoms with Gasteiger partial charge in [-0.2, -0.15) is 0 Å². The molecule has 1 aliphatic carbocycles. The molecular weight excluding hydrogens is 302 g/mol. The number of anilines is 1. The van der Waals surface area contributed by atoms with Gasteiger partial charge in [0.1, 0.15) is 0 Å². The third kappa shape index (κ3) is 3.78. The van der Waals surface area contributed by atoms with Crippen molar-refractivity contribution in [1.82, 2.24) is 5.32 Å². The quantitative estimate of drug-likeness (QED) is 0.778. The van der Waals surface area contributed by atoms with Crippen molar-refractivity contribution in [1.29, 1.82) is 0 Å². The Labute approximate surface area is 135 Å². The third-order valence-electron chi connectivity index (χ3n) is 4.12. The number of nitrogens with one attached hydrogen (secondary N) is 2. The molecule has 1 fully saturated rings. The topological polar surface area (TPSA) is 84.2 Å². The SMILES string of the molecule is CCNC(=O)c1cc(Cl)ccc1NC(=O)[C@@H]1CCC[C@@H]1CN. The van der Waals surface area contributed by atoms with Gasteiger partial charge in [0, 0.05) is 17.5 Å². The maximum absolute atomic E-state index is 12.5. The molecule has 120 valence electrons. The van der Waals surface area contributed by atoms with Crippen LogP contribution in [0.5, 0.6) is 0 Å². The number of benzene rings is 1. The molecule has 0 spiro atoms. The predicted molar refractivity (Wildman–Crippen MR) is 88.0 cm³/mol. The Bertz CT molecular complexity index is 562. The lowest BCUT2D eigenvalue weighted by atomic mass is 9.95. The lowest BCUT2D eigenvalue weighted by Gasteiger charge is -2.18. The van der Waals surface area contributed by atoms with Crippen LogP contribution in [0, 0.1) is 11.8 Å². The second-order valence-electron chi connectivity index (χ2n) is 5.57. The number of carbonyl (C=O) groups is 2. The summed E-state index contributed by atoms with van der Waals surface area (Å²) in [6.07, 6.45) is 2.85. The first-order valence-corrected chi connectivity index (χ1v) is 8.03. The molecule has 4 N–H and O–H groups in total. The highest BCUT2D eigenvalue weighted by atomic mass is 35.5. The summed E-state index contributed by atoms with van der Waals surface area (Å²) in [7, 11) is 0. The minimum absolute atomic E-state index is 0.0687. The van der Waals surface area contributed by atoms with Crippen LogP contribution in [0.2, 0.25) is 5.02 Å². The van der Waals surface area contributed by atoms with Crippen molar-refractivity contribution in [2.24, 2.45) is 17.6 Å². The molecule has 0 unspecified atom stereocenters. The van der Waals surface area contributed by atoms with E-state index in [0.717, 1.165) is 19.3 Å². The van der Waals surface area contributed by atoms with Gasteiger partial charge in [-0.05, 0) is 50.4 Å². The second-order valence-corrected chi connectivity index (χ2v) is 6.01. The first kappa shape index (κ1) is 16.8. The highest BCUT2D eigenvalue weighted by Crippen LogP contribution is 2.32. The van der Waals surface area contributed by atoms with E-state index in [4.69, 9.17) is 17.3 Å². The number of halogens is 1. The maximum atomic E-state index is 12.5. The summed E-state index contributed by atoms with van der Waals surface area (Å²) >= 11 is 5.96. The molecule has 2 atom stereocenters. The first-order chi connectivity index (χ1) is 10.6. The first-order valence-electron chi connectivity index (χ1n) is 7.65. The van der Waals surface area contributed by atoms with Crippen LogP contribution in [0.25, 0.3) is 0 Å². The molecule has 1 aromatic rings. The Morgan fingerprint density at radius 3 is 2.82 bits per heavy atom. The molecule has 0 bridgehead atoms. The van der Waals surface area contributed by atoms with Gasteiger partial charge in [-0.15, -0.1) is 0 Å². The molecular formula is C16H22ClN3O2. The number of hydrogen-bond donors (Lipinski definition) is 3. The molecule has 6 heteroatoms. The van der Waals surface area contributed by atoms with Crippen LogP contribution in [0.4, 0.5) is 5.69 Å². The molecule has 1 aromatic carbocycles. The lowest BCUT2D eigenvalue weighted by Crippen LogP contribution is -2.31. The van der Waals surface area contributed by atoms with E-state index in [0.29, 0.717) is 29.4 Å². The Balaban J connectivity index is 2.18. The Morgan fingerprint density at radius 1 is 1.36 bits per heavy atom. The van der Waals surface area contributed by atoms with Gasteiger partial charge in [0.15, 0.2) is 0 Å². The minimum Gasteiger partial charge on any atom is -0.352 e. The number of amides is 2. The zero-order valence-corrected chi connectivity index (χ0v) is 13.5. The smallest absolute Gasteiger partial charge is 0.253 e. The molecule has 5 nitrogen and oxygen atoms in total. The zero-order valence-electron chi connectivity index (χ0n) is 12.7. The number of carbonyl (C=O) groups excluding carboxylic acids is 2. The van der Waals surface area contributed by atoms with Gasteiger partial charge in [-0.3, -0.25) is 9.59 Å². The summed E-state index contributed by atoms with van der Waals surface area (Å²) < 4.78 is 0. The number of rotatable bonds is 5. The van der Waals surface area contributed by atoms with Crippen LogP contribution in [0.15, 0.2) is 18.2 Å². The highest BCUT2D eigenvalue weighted by Gasteiger charge is 2.32. The summed E-state index contributed by atoms with van der Waals surface area (Å²) in [5, 5.41) is 6.05. The standard InChI is InChI=1S/C16H22ClN3O2/c1-2-19-15(21)13-8-11(17)6-7-14(13)20-16(22)12-5-3-4-10(12)9-18/h6-8,10,12H,2-5,9,18H2,1H3,(H,19,21)(H,20,22)/t10-,12-/m1/s1. The van der Waals surface area contributed by atoms with Crippen molar-refractivity contribution in [2.45, 2.75) is 26.2 Å². The fraction of sp³-hybridized carbons (Fsp3) is 0.500. The van der Waals surface area contributed by atoms with Crippen LogP contribution in [-0.2, 0) is 4.79 Å². The fourth-order valence-electron chi connectivity index (χ4n) is 2.96. The Kier molecular flexibility index (Phi) is 5.80. The van der Waals surface area contributed by atoms with E-state index in [1.54, 1.807) is 18.2 Å². The molecule has 1 aliphatic rings. The van der Waals surface area contributed by atoms with Gasteiger partial charge in [-0.25, -0.2) is 0 Å². The molecule has 2 rings (SSSR count). The molecule has 1 saturated carbocycles. The second kappa shape index (κ2) is 7.61. The minimum atomic E-state index is -0.248. The molecule has 0 aliphatic heterocycles. The molecule has 0 heterocycles. The van der Waals surface area contributed by atoms with Crippen LogP contribution >= 0.6 is 11.6 Å². The van der Waals surface area contributed by atoms with Crippen LogP contribution < -0.4 is 16.4 Å². The molecule has 0 saturated heterocycles. The fourth-order valence-corrected chi connectivity index (χ4v) is 3.13. The van der Waals surface area contributed by atoms with Crippen molar-refractivity contribution in [2.75, 3.05) is 18.4 Å². The molecule has 22 heavy (non-hydrogen) atoms. The van der Waals surface area contributed by atoms with Gasteiger partial charge < -0.3 is 16.4 Å². The summed E-state index contributed by atoms with van der Waals surface area (Å²) in [4.78, 5) is 24.6. The van der Waals surface area contributed by atoms with Gasteiger partial charge in [0.05, 0.1) is 11.3 Å². The van der Waals surface area contributed by atoms with Gasteiger partial charge in [0.2, 0.25) is 5.91 Å². The lowest BCUT2D eigenvalue weighted by molar-refractivity contribution is -0.120. The predicted octanol–water partition coefficient (Wildman–Crippen LogP) is 2.40. The summed E-state index contributed by atoms with van der Waals surface area (Å²) in [6.45, 7) is 2.86. The third-order valence-corrected chi connectivity index (χ3v) is 4.36. The van der Waals surface area contributed by atoms with Crippen LogP contribution in [-0.4, -0.2) is 24.9 Å². The van der Waals surface area contributed by atoms with Crippen molar-refractivity contribution in [3.05, 3.63) is 28.8 Å². The van der Waals surface area contributed by atoms with Crippen molar-refractivity contribution < 1.29 is 9.59 Å². The van der Waals surface area contributed by atoms with E-state index < -0.39 is 0 Å². The highest BCUT2D eigenvalue weighted by molar-refractivity contribution is 6.31. The van der Waals surface area contributed by atoms with E-state index >= 15 is 0 Å². The summed E-state index contributed by atoms with van der Waals surface area (Å²) in [5.74, 6) is -0.175. The summed E-state index contributed by atoms with van der Waals surface area (Å²) in [5.41, 5.74) is 6.60. The van der Waals surface area contributed by atoms with E-state index in [1.807, 2.05) is 6.92 Å². The van der Waals surface area contributed by atoms with Gasteiger partial charge in [0.25, 0.3) is 5.91 Å². The maximum Gasteiger partial charge on any atom is 0.253 e. The van der Waals surface area contributed by atoms with Gasteiger partial charge >= 0.3 is 0 Å². The van der Waals surface area contributed by atoms with Crippen LogP contribution in [0.3, 0.4) is 0 Å².